The number of rotatable bonds is 4. The van der Waals surface area contributed by atoms with Crippen molar-refractivity contribution < 1.29 is 9.59 Å². The van der Waals surface area contributed by atoms with E-state index >= 15 is 0 Å². The zero-order chi connectivity index (χ0) is 7.84. The van der Waals surface area contributed by atoms with Crippen molar-refractivity contribution in [2.45, 2.75) is 25.7 Å². The van der Waals surface area contributed by atoms with Crippen LogP contribution in [-0.2, 0) is 9.59 Å². The smallest absolute Gasteiger partial charge is 0.146 e. The first-order chi connectivity index (χ1) is 5.33. The Morgan fingerprint density at radius 3 is 2.27 bits per heavy atom. The molecule has 2 fully saturated rings. The molecule has 0 aromatic carbocycles. The van der Waals surface area contributed by atoms with E-state index in [1.165, 1.54) is 0 Å². The zero-order valence-corrected chi connectivity index (χ0v) is 6.45. The van der Waals surface area contributed by atoms with Crippen LogP contribution >= 0.6 is 0 Å². The summed E-state index contributed by atoms with van der Waals surface area (Å²) in [6.45, 7) is 0. The highest BCUT2D eigenvalue weighted by Gasteiger charge is 2.42. The molecule has 2 aliphatic rings. The number of Topliss-reactive ketones (excluding diaryl/α,β-unsaturated/α-hetero) is 1. The monoisotopic (exact) mass is 152 g/mol. The summed E-state index contributed by atoms with van der Waals surface area (Å²) in [7, 11) is 0. The zero-order valence-electron chi connectivity index (χ0n) is 6.45. The third-order valence-electron chi connectivity index (χ3n) is 2.58. The standard InChI is InChI=1S/C9H12O2/c10-5-8(6-1-2-6)9(11)7-3-4-7/h5-8H,1-4H2. The summed E-state index contributed by atoms with van der Waals surface area (Å²) in [5, 5.41) is 0. The van der Waals surface area contributed by atoms with Crippen LogP contribution in [-0.4, -0.2) is 12.1 Å². The van der Waals surface area contributed by atoms with Gasteiger partial charge in [-0.1, -0.05) is 0 Å². The number of carbonyl (C=O) groups is 2. The molecular weight excluding hydrogens is 140 g/mol. The normalized spacial score (nSPS) is 26.2. The second-order valence-electron chi connectivity index (χ2n) is 3.68. The minimum absolute atomic E-state index is 0.225. The van der Waals surface area contributed by atoms with E-state index in [9.17, 15) is 9.59 Å². The number of ketones is 1. The average Bonchev–Trinajstić information content (AvgIpc) is 2.86. The van der Waals surface area contributed by atoms with Crippen LogP contribution in [0.15, 0.2) is 0 Å². The summed E-state index contributed by atoms with van der Waals surface area (Å²) in [5.41, 5.74) is 0. The Labute approximate surface area is 66.0 Å². The van der Waals surface area contributed by atoms with Gasteiger partial charge in [-0.25, -0.2) is 0 Å². The van der Waals surface area contributed by atoms with Crippen molar-refractivity contribution in [3.8, 4) is 0 Å². The van der Waals surface area contributed by atoms with Crippen molar-refractivity contribution in [1.82, 2.24) is 0 Å². The van der Waals surface area contributed by atoms with Crippen molar-refractivity contribution in [3.63, 3.8) is 0 Å². The molecule has 2 saturated carbocycles. The number of hydrogen-bond donors (Lipinski definition) is 0. The van der Waals surface area contributed by atoms with Crippen LogP contribution < -0.4 is 0 Å². The molecule has 1 atom stereocenters. The fourth-order valence-electron chi connectivity index (χ4n) is 1.51. The lowest BCUT2D eigenvalue weighted by Gasteiger charge is -2.04. The van der Waals surface area contributed by atoms with E-state index in [1.54, 1.807) is 0 Å². The fraction of sp³-hybridized carbons (Fsp3) is 0.778. The van der Waals surface area contributed by atoms with Crippen molar-refractivity contribution in [2.75, 3.05) is 0 Å². The molecule has 0 N–H and O–H groups in total. The van der Waals surface area contributed by atoms with Gasteiger partial charge in [0.25, 0.3) is 0 Å². The van der Waals surface area contributed by atoms with Gasteiger partial charge in [0.15, 0.2) is 0 Å². The highest BCUT2D eigenvalue weighted by molar-refractivity contribution is 5.96. The minimum atomic E-state index is -0.234. The summed E-state index contributed by atoms with van der Waals surface area (Å²) in [6, 6.07) is 0. The van der Waals surface area contributed by atoms with Gasteiger partial charge in [-0.2, -0.15) is 0 Å². The first-order valence-corrected chi connectivity index (χ1v) is 4.32. The van der Waals surface area contributed by atoms with Gasteiger partial charge in [-0.05, 0) is 31.6 Å². The molecular formula is C9H12O2. The van der Waals surface area contributed by atoms with E-state index in [0.29, 0.717) is 5.92 Å². The fourth-order valence-corrected chi connectivity index (χ4v) is 1.51. The van der Waals surface area contributed by atoms with Crippen LogP contribution in [0.25, 0.3) is 0 Å². The van der Waals surface area contributed by atoms with Crippen LogP contribution in [0.5, 0.6) is 0 Å². The SMILES string of the molecule is O=CC(C(=O)C1CC1)C1CC1. The second-order valence-corrected chi connectivity index (χ2v) is 3.68. The predicted octanol–water partition coefficient (Wildman–Crippen LogP) is 1.19. The third-order valence-corrected chi connectivity index (χ3v) is 2.58. The van der Waals surface area contributed by atoms with Crippen LogP contribution in [0.2, 0.25) is 0 Å². The van der Waals surface area contributed by atoms with Gasteiger partial charge >= 0.3 is 0 Å². The topological polar surface area (TPSA) is 34.1 Å². The quantitative estimate of drug-likeness (QED) is 0.448. The highest BCUT2D eigenvalue weighted by atomic mass is 16.1. The van der Waals surface area contributed by atoms with Gasteiger partial charge in [-0.15, -0.1) is 0 Å². The molecule has 0 saturated heterocycles. The van der Waals surface area contributed by atoms with Gasteiger partial charge in [0.2, 0.25) is 0 Å². The van der Waals surface area contributed by atoms with Crippen LogP contribution in [0.4, 0.5) is 0 Å². The van der Waals surface area contributed by atoms with Gasteiger partial charge in [0, 0.05) is 5.92 Å². The Hall–Kier alpha value is -0.660. The Kier molecular flexibility index (Phi) is 1.55. The Morgan fingerprint density at radius 1 is 1.27 bits per heavy atom. The van der Waals surface area contributed by atoms with E-state index in [2.05, 4.69) is 0 Å². The van der Waals surface area contributed by atoms with Gasteiger partial charge in [0.05, 0.1) is 5.92 Å². The molecule has 2 nitrogen and oxygen atoms in total. The maximum atomic E-state index is 11.4. The van der Waals surface area contributed by atoms with Crippen LogP contribution in [0.1, 0.15) is 25.7 Å². The van der Waals surface area contributed by atoms with E-state index in [-0.39, 0.29) is 17.6 Å². The molecule has 11 heavy (non-hydrogen) atoms. The molecule has 0 radical (unpaired) electrons. The summed E-state index contributed by atoms with van der Waals surface area (Å²) < 4.78 is 0. The summed E-state index contributed by atoms with van der Waals surface area (Å²) in [5.74, 6) is 0.663. The Bertz CT molecular complexity index is 190. The first-order valence-electron chi connectivity index (χ1n) is 4.32. The molecule has 0 aromatic rings. The van der Waals surface area contributed by atoms with Crippen molar-refractivity contribution in [2.24, 2.45) is 17.8 Å². The van der Waals surface area contributed by atoms with Gasteiger partial charge in [-0.3, -0.25) is 4.79 Å². The Balaban J connectivity index is 1.97. The largest absolute Gasteiger partial charge is 0.303 e. The minimum Gasteiger partial charge on any atom is -0.303 e. The molecule has 1 unspecified atom stereocenters. The lowest BCUT2D eigenvalue weighted by molar-refractivity contribution is -0.129. The molecule has 0 heterocycles. The van der Waals surface area contributed by atoms with E-state index in [1.807, 2.05) is 0 Å². The molecule has 0 aliphatic heterocycles. The van der Waals surface area contributed by atoms with Crippen LogP contribution in [0.3, 0.4) is 0 Å². The van der Waals surface area contributed by atoms with Crippen molar-refractivity contribution in [3.05, 3.63) is 0 Å². The second kappa shape index (κ2) is 2.43. The molecule has 0 aromatic heterocycles. The maximum Gasteiger partial charge on any atom is 0.146 e. The van der Waals surface area contributed by atoms with Crippen molar-refractivity contribution >= 4 is 12.1 Å². The van der Waals surface area contributed by atoms with Gasteiger partial charge < -0.3 is 4.79 Å². The summed E-state index contributed by atoms with van der Waals surface area (Å²) in [6.07, 6.45) is 5.08. The molecule has 0 spiro atoms. The molecule has 60 valence electrons. The van der Waals surface area contributed by atoms with Crippen LogP contribution in [0, 0.1) is 17.8 Å². The van der Waals surface area contributed by atoms with Gasteiger partial charge in [0.1, 0.15) is 12.1 Å². The first kappa shape index (κ1) is 7.01. The molecule has 2 rings (SSSR count). The molecule has 2 heteroatoms. The number of aldehydes is 1. The lowest BCUT2D eigenvalue weighted by Crippen LogP contribution is -2.19. The molecule has 2 aliphatic carbocycles. The third kappa shape index (κ3) is 1.35. The molecule has 0 bridgehead atoms. The average molecular weight is 152 g/mol. The predicted molar refractivity (Wildman–Crippen MR) is 40.0 cm³/mol. The Morgan fingerprint density at radius 2 is 1.91 bits per heavy atom. The number of hydrogen-bond acceptors (Lipinski definition) is 2. The molecule has 0 amide bonds. The van der Waals surface area contributed by atoms with E-state index in [0.717, 1.165) is 32.0 Å². The van der Waals surface area contributed by atoms with E-state index in [4.69, 9.17) is 0 Å². The maximum absolute atomic E-state index is 11.4. The van der Waals surface area contributed by atoms with Crippen molar-refractivity contribution in [1.29, 1.82) is 0 Å². The summed E-state index contributed by atoms with van der Waals surface area (Å²) >= 11 is 0. The highest BCUT2D eigenvalue weighted by Crippen LogP contribution is 2.41. The number of carbonyl (C=O) groups excluding carboxylic acids is 2. The lowest BCUT2D eigenvalue weighted by atomic mass is 9.97. The van der Waals surface area contributed by atoms with E-state index < -0.39 is 0 Å². The summed E-state index contributed by atoms with van der Waals surface area (Å²) in [4.78, 5) is 21.9.